The van der Waals surface area contributed by atoms with Gasteiger partial charge >= 0.3 is 5.97 Å². The van der Waals surface area contributed by atoms with E-state index >= 15 is 0 Å². The summed E-state index contributed by atoms with van der Waals surface area (Å²) in [7, 11) is 1.40. The van der Waals surface area contributed by atoms with Gasteiger partial charge in [0.1, 0.15) is 0 Å². The second kappa shape index (κ2) is 3.83. The molecule has 0 saturated heterocycles. The first-order valence-electron chi connectivity index (χ1n) is 4.31. The molecule has 0 saturated carbocycles. The molecule has 0 amide bonds. The lowest BCUT2D eigenvalue weighted by molar-refractivity contribution is -0.152. The van der Waals surface area contributed by atoms with Gasteiger partial charge in [-0.25, -0.2) is 0 Å². The standard InChI is InChI=1S/C11H18O2/c1-7-10(2,3)8-11(4,5)9(12)13-6/h1H,8H2,2-6H3. The van der Waals surface area contributed by atoms with Crippen molar-refractivity contribution in [3.63, 3.8) is 0 Å². The normalized spacial score (nSPS) is 12.0. The number of carbonyl (C=O) groups excluding carboxylic acids is 1. The predicted molar refractivity (Wildman–Crippen MR) is 53.0 cm³/mol. The molecule has 0 atom stereocenters. The minimum Gasteiger partial charge on any atom is -0.469 e. The number of carbonyl (C=O) groups is 1. The lowest BCUT2D eigenvalue weighted by Gasteiger charge is -2.28. The number of ether oxygens (including phenoxy) is 1. The van der Waals surface area contributed by atoms with Gasteiger partial charge < -0.3 is 4.74 Å². The summed E-state index contributed by atoms with van der Waals surface area (Å²) in [5.74, 6) is 2.46. The molecule has 2 heteroatoms. The zero-order chi connectivity index (χ0) is 10.7. The van der Waals surface area contributed by atoms with Crippen LogP contribution in [0.5, 0.6) is 0 Å². The van der Waals surface area contributed by atoms with Crippen molar-refractivity contribution in [2.24, 2.45) is 10.8 Å². The molecule has 0 aromatic carbocycles. The number of rotatable bonds is 3. The number of methoxy groups -OCH3 is 1. The summed E-state index contributed by atoms with van der Waals surface area (Å²) < 4.78 is 4.70. The van der Waals surface area contributed by atoms with Crippen molar-refractivity contribution in [1.82, 2.24) is 0 Å². The summed E-state index contributed by atoms with van der Waals surface area (Å²) in [6, 6.07) is 0. The van der Waals surface area contributed by atoms with Crippen molar-refractivity contribution in [1.29, 1.82) is 0 Å². The highest BCUT2D eigenvalue weighted by Crippen LogP contribution is 2.33. The van der Waals surface area contributed by atoms with E-state index in [0.717, 1.165) is 0 Å². The Kier molecular flexibility index (Phi) is 3.54. The van der Waals surface area contributed by atoms with Crippen LogP contribution in [0.15, 0.2) is 0 Å². The van der Waals surface area contributed by atoms with Gasteiger partial charge in [-0.1, -0.05) is 0 Å². The lowest BCUT2D eigenvalue weighted by Crippen LogP contribution is -2.30. The third-order valence-corrected chi connectivity index (χ3v) is 2.01. The maximum absolute atomic E-state index is 11.3. The summed E-state index contributed by atoms with van der Waals surface area (Å²) >= 11 is 0. The van der Waals surface area contributed by atoms with E-state index in [-0.39, 0.29) is 11.4 Å². The first-order chi connectivity index (χ1) is 5.75. The third-order valence-electron chi connectivity index (χ3n) is 2.01. The van der Waals surface area contributed by atoms with E-state index in [0.29, 0.717) is 6.42 Å². The van der Waals surface area contributed by atoms with Gasteiger partial charge in [-0.05, 0) is 34.1 Å². The average molecular weight is 182 g/mol. The minimum absolute atomic E-state index is 0.212. The van der Waals surface area contributed by atoms with E-state index in [1.807, 2.05) is 27.7 Å². The first-order valence-corrected chi connectivity index (χ1v) is 4.31. The Morgan fingerprint density at radius 1 is 1.38 bits per heavy atom. The molecule has 0 aliphatic rings. The van der Waals surface area contributed by atoms with Crippen LogP contribution < -0.4 is 0 Å². The maximum Gasteiger partial charge on any atom is 0.311 e. The smallest absolute Gasteiger partial charge is 0.311 e. The highest BCUT2D eigenvalue weighted by Gasteiger charge is 2.34. The SMILES string of the molecule is C#CC(C)(C)CC(C)(C)C(=O)OC. The van der Waals surface area contributed by atoms with Gasteiger partial charge in [0.25, 0.3) is 0 Å². The molecule has 0 rings (SSSR count). The molecule has 0 N–H and O–H groups in total. The average Bonchev–Trinajstić information content (AvgIpc) is 2.01. The quantitative estimate of drug-likeness (QED) is 0.494. The van der Waals surface area contributed by atoms with Gasteiger partial charge in [-0.15, -0.1) is 12.3 Å². The molecule has 2 nitrogen and oxygen atoms in total. The van der Waals surface area contributed by atoms with E-state index in [9.17, 15) is 4.79 Å². The van der Waals surface area contributed by atoms with E-state index < -0.39 is 5.41 Å². The van der Waals surface area contributed by atoms with Crippen molar-refractivity contribution in [3.8, 4) is 12.3 Å². The number of hydrogen-bond donors (Lipinski definition) is 0. The molecule has 74 valence electrons. The van der Waals surface area contributed by atoms with Gasteiger partial charge in [-0.3, -0.25) is 4.79 Å². The van der Waals surface area contributed by atoms with Crippen molar-refractivity contribution in [2.45, 2.75) is 34.1 Å². The molecule has 0 aromatic rings. The summed E-state index contributed by atoms with van der Waals surface area (Å²) in [6.07, 6.45) is 5.98. The fourth-order valence-corrected chi connectivity index (χ4v) is 1.50. The molecule has 0 aliphatic heterocycles. The van der Waals surface area contributed by atoms with Crippen LogP contribution in [0.25, 0.3) is 0 Å². The molecule has 0 spiro atoms. The van der Waals surface area contributed by atoms with Crippen LogP contribution in [0.1, 0.15) is 34.1 Å². The molecule has 0 bridgehead atoms. The molecular formula is C11H18O2. The van der Waals surface area contributed by atoms with Crippen molar-refractivity contribution < 1.29 is 9.53 Å². The second-order valence-corrected chi connectivity index (χ2v) is 4.58. The Bertz CT molecular complexity index is 231. The Balaban J connectivity index is 4.53. The van der Waals surface area contributed by atoms with Crippen molar-refractivity contribution >= 4 is 5.97 Å². The van der Waals surface area contributed by atoms with Crippen LogP contribution >= 0.6 is 0 Å². The highest BCUT2D eigenvalue weighted by atomic mass is 16.5. The molecule has 0 radical (unpaired) electrons. The van der Waals surface area contributed by atoms with Gasteiger partial charge in [0.15, 0.2) is 0 Å². The van der Waals surface area contributed by atoms with Crippen LogP contribution in [0.2, 0.25) is 0 Å². The molecule has 0 aromatic heterocycles. The van der Waals surface area contributed by atoms with E-state index in [2.05, 4.69) is 5.92 Å². The van der Waals surface area contributed by atoms with Crippen LogP contribution in [-0.2, 0) is 9.53 Å². The van der Waals surface area contributed by atoms with Gasteiger partial charge in [-0.2, -0.15) is 0 Å². The topological polar surface area (TPSA) is 26.3 Å². The number of esters is 1. The van der Waals surface area contributed by atoms with E-state index in [1.165, 1.54) is 7.11 Å². The van der Waals surface area contributed by atoms with Crippen LogP contribution in [0.4, 0.5) is 0 Å². The zero-order valence-corrected chi connectivity index (χ0v) is 9.10. The monoisotopic (exact) mass is 182 g/mol. The molecule has 0 fully saturated rings. The maximum atomic E-state index is 11.3. The third kappa shape index (κ3) is 3.50. The Morgan fingerprint density at radius 2 is 1.85 bits per heavy atom. The van der Waals surface area contributed by atoms with Crippen molar-refractivity contribution in [2.75, 3.05) is 7.11 Å². The molecule has 13 heavy (non-hydrogen) atoms. The van der Waals surface area contributed by atoms with Crippen LogP contribution in [0, 0.1) is 23.2 Å². The van der Waals surface area contributed by atoms with Gasteiger partial charge in [0.05, 0.1) is 12.5 Å². The summed E-state index contributed by atoms with van der Waals surface area (Å²) in [5, 5.41) is 0. The first kappa shape index (κ1) is 12.0. The molecule has 0 unspecified atom stereocenters. The molecular weight excluding hydrogens is 164 g/mol. The zero-order valence-electron chi connectivity index (χ0n) is 9.10. The Morgan fingerprint density at radius 3 is 2.15 bits per heavy atom. The molecule has 0 aliphatic carbocycles. The van der Waals surface area contributed by atoms with E-state index in [4.69, 9.17) is 11.2 Å². The molecule has 0 heterocycles. The largest absolute Gasteiger partial charge is 0.469 e. The Labute approximate surface area is 80.7 Å². The summed E-state index contributed by atoms with van der Waals surface area (Å²) in [5.41, 5.74) is -0.775. The lowest BCUT2D eigenvalue weighted by atomic mass is 9.75. The minimum atomic E-state index is -0.509. The van der Waals surface area contributed by atoms with Gasteiger partial charge in [0.2, 0.25) is 0 Å². The fraction of sp³-hybridized carbons (Fsp3) is 0.727. The fourth-order valence-electron chi connectivity index (χ4n) is 1.50. The Hall–Kier alpha value is -0.970. The highest BCUT2D eigenvalue weighted by molar-refractivity contribution is 5.75. The van der Waals surface area contributed by atoms with Crippen molar-refractivity contribution in [3.05, 3.63) is 0 Å². The van der Waals surface area contributed by atoms with Crippen LogP contribution in [-0.4, -0.2) is 13.1 Å². The van der Waals surface area contributed by atoms with Gasteiger partial charge in [0, 0.05) is 5.41 Å². The predicted octanol–water partition coefficient (Wildman–Crippen LogP) is 2.24. The number of terminal acetylenes is 1. The summed E-state index contributed by atoms with van der Waals surface area (Å²) in [4.78, 5) is 11.3. The summed E-state index contributed by atoms with van der Waals surface area (Å²) in [6.45, 7) is 7.57. The van der Waals surface area contributed by atoms with E-state index in [1.54, 1.807) is 0 Å². The number of hydrogen-bond acceptors (Lipinski definition) is 2. The van der Waals surface area contributed by atoms with Crippen LogP contribution in [0.3, 0.4) is 0 Å². The second-order valence-electron chi connectivity index (χ2n) is 4.58.